The van der Waals surface area contributed by atoms with Crippen LogP contribution in [0.5, 0.6) is 0 Å². The summed E-state index contributed by atoms with van der Waals surface area (Å²) < 4.78 is 16.6. The molecule has 0 amide bonds. The van der Waals surface area contributed by atoms with E-state index in [0.717, 1.165) is 0 Å². The summed E-state index contributed by atoms with van der Waals surface area (Å²) in [5.41, 5.74) is 0. The van der Waals surface area contributed by atoms with Gasteiger partial charge in [-0.3, -0.25) is 0 Å². The van der Waals surface area contributed by atoms with Gasteiger partial charge in [-0.25, -0.2) is 0 Å². The van der Waals surface area contributed by atoms with Crippen molar-refractivity contribution in [2.75, 3.05) is 0 Å². The molecular formula is O2STi. The predicted molar refractivity (Wildman–Crippen MR) is 8.92 cm³/mol. The van der Waals surface area contributed by atoms with Gasteiger partial charge in [-0.2, -0.15) is 8.42 Å². The largest absolute Gasteiger partial charge is 0.335 e. The Bertz CT molecular complexity index is 27.0. The molecule has 22 valence electrons. The van der Waals surface area contributed by atoms with Crippen molar-refractivity contribution in [3.05, 3.63) is 0 Å². The van der Waals surface area contributed by atoms with Gasteiger partial charge in [-0.15, -0.1) is 0 Å². The maximum Gasteiger partial charge on any atom is 0.335 e. The van der Waals surface area contributed by atoms with Gasteiger partial charge in [-0.05, 0) is 0 Å². The summed E-state index contributed by atoms with van der Waals surface area (Å²) in [5, 5.41) is 0. The van der Waals surface area contributed by atoms with Gasteiger partial charge >= 0.3 is 11.6 Å². The second-order valence-electron chi connectivity index (χ2n) is 0.0680. The van der Waals surface area contributed by atoms with Crippen LogP contribution in [0.3, 0.4) is 0 Å². The van der Waals surface area contributed by atoms with Crippen LogP contribution in [0.2, 0.25) is 0 Å². The van der Waals surface area contributed by atoms with Crippen LogP contribution in [-0.4, -0.2) is 8.42 Å². The van der Waals surface area contributed by atoms with E-state index in [4.69, 9.17) is 8.42 Å². The zero-order chi connectivity index (χ0) is 2.71. The molecular weight excluding hydrogens is 112 g/mol. The summed E-state index contributed by atoms with van der Waals surface area (Å²) in [4.78, 5) is 0. The Morgan fingerprint density at radius 3 is 1.25 bits per heavy atom. The molecule has 0 fully saturated rings. The molecule has 0 aliphatic heterocycles. The molecule has 0 N–H and O–H groups in total. The maximum atomic E-state index is 8.29. The first kappa shape index (κ1) is 8.82. The average molecular weight is 112 g/mol. The second-order valence-corrected chi connectivity index (χ2v) is 0.204. The molecule has 0 aliphatic carbocycles. The fraction of sp³-hybridized carbons (Fsp3) is 0. The van der Waals surface area contributed by atoms with Crippen LogP contribution < -0.4 is 0 Å². The molecule has 2 nitrogen and oxygen atoms in total. The molecule has 0 saturated carbocycles. The Kier molecular flexibility index (Phi) is 21.3. The summed E-state index contributed by atoms with van der Waals surface area (Å²) in [6.07, 6.45) is 0. The van der Waals surface area contributed by atoms with E-state index in [9.17, 15) is 0 Å². The van der Waals surface area contributed by atoms with Crippen LogP contribution >= 0.6 is 0 Å². The first-order chi connectivity index (χ1) is 1.41. The molecule has 0 aromatic rings. The van der Waals surface area contributed by atoms with E-state index in [-0.39, 0.29) is 21.7 Å². The quantitative estimate of drug-likeness (QED) is 0.389. The van der Waals surface area contributed by atoms with Crippen LogP contribution in [0.4, 0.5) is 0 Å². The van der Waals surface area contributed by atoms with Crippen LogP contribution in [0.25, 0.3) is 0 Å². The summed E-state index contributed by atoms with van der Waals surface area (Å²) in [6, 6.07) is 0. The third kappa shape index (κ3) is 20.9. The van der Waals surface area contributed by atoms with E-state index < -0.39 is 11.6 Å². The molecule has 0 radical (unpaired) electrons. The zero-order valence-corrected chi connectivity index (χ0v) is 4.10. The van der Waals surface area contributed by atoms with Crippen molar-refractivity contribution >= 4 is 11.6 Å². The molecule has 0 atom stereocenters. The van der Waals surface area contributed by atoms with Crippen molar-refractivity contribution in [1.82, 2.24) is 0 Å². The number of hydrogen-bond acceptors (Lipinski definition) is 2. The molecule has 0 bridgehead atoms. The van der Waals surface area contributed by atoms with Gasteiger partial charge in [0, 0.05) is 21.7 Å². The predicted octanol–water partition coefficient (Wildman–Crippen LogP) is -0.673. The Balaban J connectivity index is 0. The third-order valence-corrected chi connectivity index (χ3v) is 0. The molecule has 0 aromatic carbocycles. The molecule has 4 heteroatoms. The van der Waals surface area contributed by atoms with Gasteiger partial charge < -0.3 is 0 Å². The van der Waals surface area contributed by atoms with Crippen molar-refractivity contribution in [1.29, 1.82) is 0 Å². The molecule has 0 saturated heterocycles. The molecule has 0 aliphatic rings. The van der Waals surface area contributed by atoms with E-state index in [1.54, 1.807) is 0 Å². The Labute approximate surface area is 42.1 Å². The third-order valence-electron chi connectivity index (χ3n) is 0. The monoisotopic (exact) mass is 112 g/mol. The first-order valence-electron chi connectivity index (χ1n) is 0.333. The SMILES string of the molecule is O=S=O.[Ti]. The maximum absolute atomic E-state index is 8.29. The minimum atomic E-state index is -0.750. The summed E-state index contributed by atoms with van der Waals surface area (Å²) in [6.45, 7) is 0. The van der Waals surface area contributed by atoms with Crippen molar-refractivity contribution in [2.24, 2.45) is 0 Å². The Hall–Kier alpha value is 0.534. The van der Waals surface area contributed by atoms with Crippen LogP contribution in [-0.2, 0) is 33.3 Å². The number of rotatable bonds is 0. The van der Waals surface area contributed by atoms with Gasteiger partial charge in [-0.1, -0.05) is 0 Å². The molecule has 0 heterocycles. The molecule has 0 aromatic heterocycles. The topological polar surface area (TPSA) is 34.1 Å². The van der Waals surface area contributed by atoms with Crippen molar-refractivity contribution in [3.8, 4) is 0 Å². The molecule has 0 unspecified atom stereocenters. The van der Waals surface area contributed by atoms with Crippen molar-refractivity contribution < 1.29 is 30.1 Å². The van der Waals surface area contributed by atoms with E-state index in [1.165, 1.54) is 0 Å². The smallest absolute Gasteiger partial charge is 0.168 e. The minimum absolute atomic E-state index is 0. The summed E-state index contributed by atoms with van der Waals surface area (Å²) >= 11 is -0.750. The normalized spacial score (nSPS) is 3.00. The summed E-state index contributed by atoms with van der Waals surface area (Å²) in [7, 11) is 0. The molecule has 4 heavy (non-hydrogen) atoms. The van der Waals surface area contributed by atoms with Gasteiger partial charge in [0.1, 0.15) is 0 Å². The zero-order valence-electron chi connectivity index (χ0n) is 1.72. The van der Waals surface area contributed by atoms with Gasteiger partial charge in [0.2, 0.25) is 0 Å². The first-order valence-corrected chi connectivity index (χ1v) is 1.00. The van der Waals surface area contributed by atoms with Crippen molar-refractivity contribution in [2.45, 2.75) is 0 Å². The standard InChI is InChI=1S/O2S.Ti/c1-3-2;. The van der Waals surface area contributed by atoms with Crippen molar-refractivity contribution in [3.63, 3.8) is 0 Å². The summed E-state index contributed by atoms with van der Waals surface area (Å²) in [5.74, 6) is 0. The van der Waals surface area contributed by atoms with E-state index in [2.05, 4.69) is 0 Å². The second kappa shape index (κ2) is 9.64. The van der Waals surface area contributed by atoms with E-state index >= 15 is 0 Å². The molecule has 0 spiro atoms. The van der Waals surface area contributed by atoms with Gasteiger partial charge in [0.25, 0.3) is 0 Å². The minimum Gasteiger partial charge on any atom is -0.168 e. The van der Waals surface area contributed by atoms with Gasteiger partial charge in [0.15, 0.2) is 0 Å². The Morgan fingerprint density at radius 2 is 1.25 bits per heavy atom. The molecule has 0 rings (SSSR count). The van der Waals surface area contributed by atoms with Crippen LogP contribution in [0, 0.1) is 0 Å². The van der Waals surface area contributed by atoms with Gasteiger partial charge in [0.05, 0.1) is 0 Å². The van der Waals surface area contributed by atoms with E-state index in [0.29, 0.717) is 0 Å². The van der Waals surface area contributed by atoms with Crippen LogP contribution in [0.1, 0.15) is 0 Å². The van der Waals surface area contributed by atoms with E-state index in [1.807, 2.05) is 0 Å². The van der Waals surface area contributed by atoms with Crippen LogP contribution in [0.15, 0.2) is 0 Å². The number of hydrogen-bond donors (Lipinski definition) is 0. The fourth-order valence-corrected chi connectivity index (χ4v) is 0. The average Bonchev–Trinajstić information content (AvgIpc) is 0.918. The fourth-order valence-electron chi connectivity index (χ4n) is 0. The Morgan fingerprint density at radius 1 is 1.25 bits per heavy atom.